The predicted molar refractivity (Wildman–Crippen MR) is 116 cm³/mol. The molecule has 1 aromatic heterocycles. The summed E-state index contributed by atoms with van der Waals surface area (Å²) >= 11 is 6.93. The van der Waals surface area contributed by atoms with Gasteiger partial charge in [0, 0.05) is 17.0 Å². The Morgan fingerprint density at radius 1 is 1.07 bits per heavy atom. The molecule has 0 amide bonds. The topological polar surface area (TPSA) is 50.4 Å². The Hall–Kier alpha value is -2.70. The molecule has 0 saturated heterocycles. The average molecular weight is 397 g/mol. The van der Waals surface area contributed by atoms with Crippen molar-refractivity contribution in [2.24, 2.45) is 0 Å². The third-order valence-corrected chi connectivity index (χ3v) is 5.28. The molecule has 0 radical (unpaired) electrons. The van der Waals surface area contributed by atoms with E-state index in [9.17, 15) is 4.79 Å². The summed E-state index contributed by atoms with van der Waals surface area (Å²) in [7, 11) is 1.38. The van der Waals surface area contributed by atoms with Crippen LogP contribution in [-0.4, -0.2) is 18.2 Å². The molecule has 0 aliphatic heterocycles. The van der Waals surface area contributed by atoms with Crippen LogP contribution in [0, 0.1) is 6.92 Å². The summed E-state index contributed by atoms with van der Waals surface area (Å²) in [6, 6.07) is 19.9. The van der Waals surface area contributed by atoms with Crippen molar-refractivity contribution in [2.75, 3.05) is 17.7 Å². The van der Waals surface area contributed by atoms with Gasteiger partial charge in [0.05, 0.1) is 12.7 Å². The van der Waals surface area contributed by atoms with Crippen molar-refractivity contribution in [2.45, 2.75) is 13.3 Å². The number of para-hydroxylation sites is 1. The van der Waals surface area contributed by atoms with Gasteiger partial charge in [-0.05, 0) is 42.4 Å². The molecular formula is C21H20N2O2S2. The fourth-order valence-corrected chi connectivity index (χ4v) is 4.01. The number of methoxy groups -OCH3 is 1. The lowest BCUT2D eigenvalue weighted by Crippen LogP contribution is -2.20. The van der Waals surface area contributed by atoms with Crippen molar-refractivity contribution in [1.29, 1.82) is 0 Å². The molecule has 0 aliphatic rings. The summed E-state index contributed by atoms with van der Waals surface area (Å²) in [5.41, 5.74) is 3.69. The van der Waals surface area contributed by atoms with E-state index in [1.165, 1.54) is 24.0 Å². The van der Waals surface area contributed by atoms with Crippen LogP contribution in [0.3, 0.4) is 0 Å². The summed E-state index contributed by atoms with van der Waals surface area (Å²) in [6.07, 6.45) is 0.745. The minimum Gasteiger partial charge on any atom is -0.465 e. The molecule has 3 rings (SSSR count). The molecule has 0 aliphatic carbocycles. The number of esters is 1. The van der Waals surface area contributed by atoms with Crippen molar-refractivity contribution < 1.29 is 9.53 Å². The first-order chi connectivity index (χ1) is 13.1. The first-order valence-electron chi connectivity index (χ1n) is 8.45. The van der Waals surface area contributed by atoms with Gasteiger partial charge in [0.1, 0.15) is 5.00 Å². The molecule has 0 spiro atoms. The van der Waals surface area contributed by atoms with Crippen molar-refractivity contribution in [3.8, 4) is 0 Å². The zero-order chi connectivity index (χ0) is 19.2. The molecule has 138 valence electrons. The highest BCUT2D eigenvalue weighted by Crippen LogP contribution is 2.31. The van der Waals surface area contributed by atoms with E-state index in [2.05, 4.69) is 22.8 Å². The molecule has 4 nitrogen and oxygen atoms in total. The molecule has 0 fully saturated rings. The van der Waals surface area contributed by atoms with Gasteiger partial charge in [0.25, 0.3) is 0 Å². The minimum atomic E-state index is -0.383. The smallest absolute Gasteiger partial charge is 0.340 e. The van der Waals surface area contributed by atoms with Gasteiger partial charge in [0.2, 0.25) is 0 Å². The molecule has 2 N–H and O–H groups in total. The number of thiophene rings is 1. The molecule has 0 saturated carbocycles. The summed E-state index contributed by atoms with van der Waals surface area (Å²) in [6.45, 7) is 2.01. The van der Waals surface area contributed by atoms with Gasteiger partial charge in [0.15, 0.2) is 5.11 Å². The second kappa shape index (κ2) is 8.79. The minimum absolute atomic E-state index is 0.383. The molecule has 2 aromatic carbocycles. The lowest BCUT2D eigenvalue weighted by atomic mass is 10.1. The maximum absolute atomic E-state index is 12.2. The predicted octanol–water partition coefficient (Wildman–Crippen LogP) is 5.24. The highest BCUT2D eigenvalue weighted by atomic mass is 32.1. The van der Waals surface area contributed by atoms with E-state index in [-0.39, 0.29) is 5.97 Å². The second-order valence-electron chi connectivity index (χ2n) is 6.00. The Balaban J connectivity index is 1.79. The number of nitrogens with one attached hydrogen (secondary N) is 2. The maximum atomic E-state index is 12.2. The van der Waals surface area contributed by atoms with Crippen LogP contribution in [0.5, 0.6) is 0 Å². The van der Waals surface area contributed by atoms with E-state index < -0.39 is 0 Å². The number of aryl methyl sites for hydroxylation is 1. The van der Waals surface area contributed by atoms with Crippen LogP contribution < -0.4 is 10.6 Å². The van der Waals surface area contributed by atoms with E-state index in [1.54, 1.807) is 0 Å². The van der Waals surface area contributed by atoms with E-state index in [4.69, 9.17) is 17.0 Å². The monoisotopic (exact) mass is 396 g/mol. The number of thiocarbonyl (C=S) groups is 1. The Labute approximate surface area is 168 Å². The lowest BCUT2D eigenvalue weighted by molar-refractivity contribution is 0.0602. The quantitative estimate of drug-likeness (QED) is 0.456. The number of anilines is 2. The Morgan fingerprint density at radius 3 is 2.48 bits per heavy atom. The highest BCUT2D eigenvalue weighted by Gasteiger charge is 2.18. The number of ether oxygens (including phenoxy) is 1. The molecule has 27 heavy (non-hydrogen) atoms. The van der Waals surface area contributed by atoms with E-state index in [0.717, 1.165) is 22.5 Å². The van der Waals surface area contributed by atoms with Crippen LogP contribution >= 0.6 is 23.6 Å². The van der Waals surface area contributed by atoms with Crippen LogP contribution in [0.4, 0.5) is 10.7 Å². The first-order valence-corrected chi connectivity index (χ1v) is 9.68. The third-order valence-electron chi connectivity index (χ3n) is 4.03. The Kier molecular flexibility index (Phi) is 6.21. The summed E-state index contributed by atoms with van der Waals surface area (Å²) in [5, 5.41) is 7.43. The van der Waals surface area contributed by atoms with Gasteiger partial charge in [-0.1, -0.05) is 48.5 Å². The molecular weight excluding hydrogens is 376 g/mol. The number of carbonyl (C=O) groups excluding carboxylic acids is 1. The zero-order valence-corrected chi connectivity index (χ0v) is 16.7. The number of benzene rings is 2. The van der Waals surface area contributed by atoms with Crippen LogP contribution in [0.2, 0.25) is 0 Å². The van der Waals surface area contributed by atoms with E-state index >= 15 is 0 Å². The molecule has 1 heterocycles. The second-order valence-corrected chi connectivity index (χ2v) is 7.55. The summed E-state index contributed by atoms with van der Waals surface area (Å²) < 4.78 is 4.92. The SMILES string of the molecule is COC(=O)c1cc(Cc2ccccc2)sc1NC(=S)Nc1ccccc1C. The molecule has 6 heteroatoms. The van der Waals surface area contributed by atoms with Gasteiger partial charge in [-0.25, -0.2) is 4.79 Å². The number of hydrogen-bond acceptors (Lipinski definition) is 4. The van der Waals surface area contributed by atoms with Crippen LogP contribution in [0.25, 0.3) is 0 Å². The Bertz CT molecular complexity index is 952. The standard InChI is InChI=1S/C21H20N2O2S2/c1-14-8-6-7-11-18(14)22-21(26)23-19-17(20(24)25-2)13-16(27-19)12-15-9-4-3-5-10-15/h3-11,13H,12H2,1-2H3,(H2,22,23,26). The van der Waals surface area contributed by atoms with Crippen molar-refractivity contribution in [1.82, 2.24) is 0 Å². The van der Waals surface area contributed by atoms with Gasteiger partial charge < -0.3 is 15.4 Å². The van der Waals surface area contributed by atoms with Crippen LogP contribution in [0.15, 0.2) is 60.7 Å². The molecule has 0 atom stereocenters. The average Bonchev–Trinajstić information content (AvgIpc) is 3.05. The fraction of sp³-hybridized carbons (Fsp3) is 0.143. The first kappa shape index (κ1) is 19.1. The zero-order valence-electron chi connectivity index (χ0n) is 15.1. The van der Waals surface area contributed by atoms with Gasteiger partial charge in [-0.15, -0.1) is 11.3 Å². The summed E-state index contributed by atoms with van der Waals surface area (Å²) in [5.74, 6) is -0.383. The highest BCUT2D eigenvalue weighted by molar-refractivity contribution is 7.80. The number of hydrogen-bond donors (Lipinski definition) is 2. The fourth-order valence-electron chi connectivity index (χ4n) is 2.65. The Morgan fingerprint density at radius 2 is 1.78 bits per heavy atom. The molecule has 3 aromatic rings. The van der Waals surface area contributed by atoms with E-state index in [0.29, 0.717) is 15.7 Å². The molecule has 0 unspecified atom stereocenters. The van der Waals surface area contributed by atoms with Gasteiger partial charge in [-0.2, -0.15) is 0 Å². The van der Waals surface area contributed by atoms with Crippen molar-refractivity contribution in [3.05, 3.63) is 82.2 Å². The molecule has 0 bridgehead atoms. The van der Waals surface area contributed by atoms with Crippen molar-refractivity contribution >= 4 is 45.3 Å². The van der Waals surface area contributed by atoms with Gasteiger partial charge in [-0.3, -0.25) is 0 Å². The maximum Gasteiger partial charge on any atom is 0.340 e. The largest absolute Gasteiger partial charge is 0.465 e. The van der Waals surface area contributed by atoms with Crippen LogP contribution in [-0.2, 0) is 11.2 Å². The van der Waals surface area contributed by atoms with E-state index in [1.807, 2.05) is 55.5 Å². The third kappa shape index (κ3) is 4.93. The number of rotatable bonds is 5. The lowest BCUT2D eigenvalue weighted by Gasteiger charge is -2.12. The van der Waals surface area contributed by atoms with Gasteiger partial charge >= 0.3 is 5.97 Å². The van der Waals surface area contributed by atoms with Crippen LogP contribution in [0.1, 0.15) is 26.4 Å². The number of carbonyl (C=O) groups is 1. The van der Waals surface area contributed by atoms with Crippen molar-refractivity contribution in [3.63, 3.8) is 0 Å². The normalized spacial score (nSPS) is 10.3. The summed E-state index contributed by atoms with van der Waals surface area (Å²) in [4.78, 5) is 13.2.